The van der Waals surface area contributed by atoms with Crippen LogP contribution in [0.4, 0.5) is 0 Å². The Kier molecular flexibility index (Phi) is 5.56. The van der Waals surface area contributed by atoms with Gasteiger partial charge in [-0.3, -0.25) is 9.48 Å². The van der Waals surface area contributed by atoms with Crippen molar-refractivity contribution in [2.24, 2.45) is 0 Å². The minimum absolute atomic E-state index is 0.139. The smallest absolute Gasteiger partial charge is 0.251 e. The highest BCUT2D eigenvalue weighted by atomic mass is 35.5. The Morgan fingerprint density at radius 1 is 1.16 bits per heavy atom. The van der Waals surface area contributed by atoms with Gasteiger partial charge in [-0.25, -0.2) is 9.97 Å². The molecular formula is C24H20ClN5O2. The highest BCUT2D eigenvalue weighted by Crippen LogP contribution is 2.39. The summed E-state index contributed by atoms with van der Waals surface area (Å²) in [7, 11) is 0. The number of carbonyl (C=O) groups is 1. The summed E-state index contributed by atoms with van der Waals surface area (Å²) in [5, 5.41) is 7.73. The fourth-order valence-corrected chi connectivity index (χ4v) is 4.10. The van der Waals surface area contributed by atoms with Crippen LogP contribution < -0.4 is 10.1 Å². The van der Waals surface area contributed by atoms with E-state index in [2.05, 4.69) is 20.4 Å². The third-order valence-electron chi connectivity index (χ3n) is 5.33. The van der Waals surface area contributed by atoms with Gasteiger partial charge in [0.15, 0.2) is 0 Å². The molecule has 160 valence electrons. The molecule has 5 rings (SSSR count). The average molecular weight is 446 g/mol. The van der Waals surface area contributed by atoms with Gasteiger partial charge in [-0.1, -0.05) is 23.7 Å². The number of ether oxygens (including phenoxy) is 1. The van der Waals surface area contributed by atoms with Gasteiger partial charge in [0.1, 0.15) is 18.2 Å². The summed E-state index contributed by atoms with van der Waals surface area (Å²) in [6, 6.07) is 13.3. The van der Waals surface area contributed by atoms with Crippen LogP contribution in [0.15, 0.2) is 73.6 Å². The third kappa shape index (κ3) is 4.33. The Morgan fingerprint density at radius 3 is 2.84 bits per heavy atom. The number of benzene rings is 2. The highest BCUT2D eigenvalue weighted by Gasteiger charge is 2.26. The molecule has 7 nitrogen and oxygen atoms in total. The number of nitrogens with zero attached hydrogens (tertiary/aromatic N) is 4. The molecule has 32 heavy (non-hydrogen) atoms. The van der Waals surface area contributed by atoms with Gasteiger partial charge in [-0.05, 0) is 41.5 Å². The van der Waals surface area contributed by atoms with Crippen LogP contribution in [-0.4, -0.2) is 38.3 Å². The van der Waals surface area contributed by atoms with E-state index in [1.165, 1.54) is 6.33 Å². The second-order valence-corrected chi connectivity index (χ2v) is 8.04. The van der Waals surface area contributed by atoms with Gasteiger partial charge in [0.25, 0.3) is 5.91 Å². The van der Waals surface area contributed by atoms with E-state index in [0.717, 1.165) is 22.3 Å². The van der Waals surface area contributed by atoms with E-state index in [0.29, 0.717) is 35.8 Å². The minimum Gasteiger partial charge on any atom is -0.486 e. The maximum Gasteiger partial charge on any atom is 0.251 e. The number of aromatic nitrogens is 4. The molecule has 8 heteroatoms. The summed E-state index contributed by atoms with van der Waals surface area (Å²) in [6.45, 7) is 0.999. The first-order valence-electron chi connectivity index (χ1n) is 10.2. The van der Waals surface area contributed by atoms with Gasteiger partial charge in [-0.15, -0.1) is 0 Å². The van der Waals surface area contributed by atoms with Crippen molar-refractivity contribution in [3.63, 3.8) is 0 Å². The second kappa shape index (κ2) is 8.80. The van der Waals surface area contributed by atoms with E-state index in [9.17, 15) is 4.79 Å². The SMILES string of the molecule is O=C(NCC1Cc2cc(-c3cncnc3)cc(Cl)c2O1)c1cccc(Cn2cccn2)c1. The lowest BCUT2D eigenvalue weighted by molar-refractivity contribution is 0.0933. The van der Waals surface area contributed by atoms with Gasteiger partial charge in [-0.2, -0.15) is 5.10 Å². The first-order valence-corrected chi connectivity index (χ1v) is 10.6. The average Bonchev–Trinajstić information content (AvgIpc) is 3.48. The van der Waals surface area contributed by atoms with Gasteiger partial charge in [0.05, 0.1) is 18.1 Å². The summed E-state index contributed by atoms with van der Waals surface area (Å²) < 4.78 is 7.84. The van der Waals surface area contributed by atoms with E-state index >= 15 is 0 Å². The van der Waals surface area contributed by atoms with E-state index in [4.69, 9.17) is 16.3 Å². The monoisotopic (exact) mass is 445 g/mol. The second-order valence-electron chi connectivity index (χ2n) is 7.63. The molecule has 2 aromatic heterocycles. The molecule has 1 aliphatic rings. The van der Waals surface area contributed by atoms with Crippen LogP contribution in [0.3, 0.4) is 0 Å². The quantitative estimate of drug-likeness (QED) is 0.488. The fourth-order valence-electron chi connectivity index (χ4n) is 3.82. The maximum atomic E-state index is 12.7. The molecule has 0 bridgehead atoms. The molecule has 0 saturated carbocycles. The topological polar surface area (TPSA) is 81.9 Å². The molecule has 2 aromatic carbocycles. The van der Waals surface area contributed by atoms with Gasteiger partial charge >= 0.3 is 0 Å². The summed E-state index contributed by atoms with van der Waals surface area (Å²) in [4.78, 5) is 20.8. The zero-order valence-corrected chi connectivity index (χ0v) is 17.9. The molecule has 4 aromatic rings. The summed E-state index contributed by atoms with van der Waals surface area (Å²) in [5.41, 5.74) is 4.46. The van der Waals surface area contributed by atoms with Gasteiger partial charge < -0.3 is 10.1 Å². The molecular weight excluding hydrogens is 426 g/mol. The summed E-state index contributed by atoms with van der Waals surface area (Å²) >= 11 is 6.46. The molecule has 1 N–H and O–H groups in total. The van der Waals surface area contributed by atoms with Crippen LogP contribution in [0.2, 0.25) is 5.02 Å². The number of hydrogen-bond donors (Lipinski definition) is 1. The largest absolute Gasteiger partial charge is 0.486 e. The number of nitrogens with one attached hydrogen (secondary N) is 1. The van der Waals surface area contributed by atoms with E-state index in [-0.39, 0.29) is 12.0 Å². The van der Waals surface area contributed by atoms with Crippen LogP contribution in [0.25, 0.3) is 11.1 Å². The first-order chi connectivity index (χ1) is 15.7. The van der Waals surface area contributed by atoms with E-state index in [1.54, 1.807) is 24.7 Å². The van der Waals surface area contributed by atoms with Gasteiger partial charge in [0, 0.05) is 47.9 Å². The zero-order chi connectivity index (χ0) is 21.9. The molecule has 0 fully saturated rings. The number of hydrogen-bond acceptors (Lipinski definition) is 5. The Balaban J connectivity index is 1.23. The molecule has 3 heterocycles. The minimum atomic E-state index is -0.180. The Labute approximate surface area is 190 Å². The Morgan fingerprint density at radius 2 is 2.03 bits per heavy atom. The first kappa shape index (κ1) is 20.2. The molecule has 1 amide bonds. The molecule has 0 aliphatic carbocycles. The predicted octanol–water partition coefficient (Wildman–Crippen LogP) is 3.78. The lowest BCUT2D eigenvalue weighted by atomic mass is 10.0. The van der Waals surface area contributed by atoms with Crippen molar-refractivity contribution in [2.45, 2.75) is 19.1 Å². The van der Waals surface area contributed by atoms with Gasteiger partial charge in [0.2, 0.25) is 0 Å². The Hall–Kier alpha value is -3.71. The van der Waals surface area contributed by atoms with Crippen LogP contribution in [-0.2, 0) is 13.0 Å². The van der Waals surface area contributed by atoms with E-state index in [1.807, 2.05) is 47.3 Å². The van der Waals surface area contributed by atoms with E-state index < -0.39 is 0 Å². The van der Waals surface area contributed by atoms with Crippen molar-refractivity contribution in [1.29, 1.82) is 0 Å². The standard InChI is InChI=1S/C24H20ClN5O2/c25-22-10-18(20-11-26-15-27-12-20)8-19-9-21(32-23(19)22)13-28-24(31)17-4-1-3-16(7-17)14-30-6-2-5-29-30/h1-8,10-12,15,21H,9,13-14H2,(H,28,31). The Bertz CT molecular complexity index is 1240. The summed E-state index contributed by atoms with van der Waals surface area (Å²) in [5.74, 6) is 0.535. The fraction of sp³-hybridized carbons (Fsp3) is 0.167. The molecule has 1 unspecified atom stereocenters. The van der Waals surface area contributed by atoms with Crippen LogP contribution >= 0.6 is 11.6 Å². The molecule has 1 atom stereocenters. The lowest BCUT2D eigenvalue weighted by Crippen LogP contribution is -2.34. The maximum absolute atomic E-state index is 12.7. The highest BCUT2D eigenvalue weighted by molar-refractivity contribution is 6.32. The third-order valence-corrected chi connectivity index (χ3v) is 5.61. The molecule has 0 spiro atoms. The number of rotatable bonds is 6. The number of carbonyl (C=O) groups excluding carboxylic acids is 1. The summed E-state index contributed by atoms with van der Waals surface area (Å²) in [6.07, 6.45) is 9.10. The lowest BCUT2D eigenvalue weighted by Gasteiger charge is -2.13. The number of halogens is 1. The van der Waals surface area contributed by atoms with Crippen molar-refractivity contribution in [3.05, 3.63) is 95.3 Å². The van der Waals surface area contributed by atoms with Crippen molar-refractivity contribution >= 4 is 17.5 Å². The van der Waals surface area contributed by atoms with Crippen molar-refractivity contribution in [1.82, 2.24) is 25.1 Å². The van der Waals surface area contributed by atoms with Crippen molar-refractivity contribution in [3.8, 4) is 16.9 Å². The number of fused-ring (bicyclic) bond motifs is 1. The molecule has 0 saturated heterocycles. The van der Waals surface area contributed by atoms with Crippen LogP contribution in [0, 0.1) is 0 Å². The van der Waals surface area contributed by atoms with Crippen LogP contribution in [0.1, 0.15) is 21.5 Å². The molecule has 0 radical (unpaired) electrons. The van der Waals surface area contributed by atoms with Crippen molar-refractivity contribution < 1.29 is 9.53 Å². The normalized spacial score (nSPS) is 14.6. The van der Waals surface area contributed by atoms with Crippen molar-refractivity contribution in [2.75, 3.05) is 6.54 Å². The zero-order valence-electron chi connectivity index (χ0n) is 17.1. The predicted molar refractivity (Wildman–Crippen MR) is 121 cm³/mol. The molecule has 1 aliphatic heterocycles. The number of amides is 1. The van der Waals surface area contributed by atoms with Crippen LogP contribution in [0.5, 0.6) is 5.75 Å².